The lowest BCUT2D eigenvalue weighted by Gasteiger charge is -2.24. The maximum absolute atomic E-state index is 2.54. The Kier molecular flexibility index (Phi) is 1.78. The van der Waals surface area contributed by atoms with Gasteiger partial charge in [0.1, 0.15) is 0 Å². The van der Waals surface area contributed by atoms with Gasteiger partial charge in [-0.3, -0.25) is 0 Å². The standard InChI is InChI=1S/C17H21N/c1-16(2,3)14-10-18-11-17(7-8-17)9-12-5-4-6-13(14)15(12)18/h4-6,10H,7-9,11H2,1-3H3. The summed E-state index contributed by atoms with van der Waals surface area (Å²) in [6.07, 6.45) is 6.57. The lowest BCUT2D eigenvalue weighted by Crippen LogP contribution is -2.19. The van der Waals surface area contributed by atoms with Crippen molar-refractivity contribution in [3.63, 3.8) is 0 Å². The highest BCUT2D eigenvalue weighted by molar-refractivity contribution is 5.88. The summed E-state index contributed by atoms with van der Waals surface area (Å²) < 4.78 is 2.54. The molecule has 1 saturated carbocycles. The van der Waals surface area contributed by atoms with Crippen molar-refractivity contribution in [3.05, 3.63) is 35.5 Å². The first-order valence-electron chi connectivity index (χ1n) is 7.10. The maximum Gasteiger partial charge on any atom is 0.0516 e. The third-order valence-corrected chi connectivity index (χ3v) is 4.82. The van der Waals surface area contributed by atoms with E-state index in [-0.39, 0.29) is 5.41 Å². The zero-order valence-corrected chi connectivity index (χ0v) is 11.6. The van der Waals surface area contributed by atoms with Gasteiger partial charge in [-0.15, -0.1) is 0 Å². The second kappa shape index (κ2) is 3.01. The van der Waals surface area contributed by atoms with Gasteiger partial charge in [0.25, 0.3) is 0 Å². The molecule has 18 heavy (non-hydrogen) atoms. The Morgan fingerprint density at radius 1 is 1.17 bits per heavy atom. The molecule has 0 amide bonds. The van der Waals surface area contributed by atoms with Crippen LogP contribution in [-0.2, 0) is 18.4 Å². The first-order valence-corrected chi connectivity index (χ1v) is 7.10. The van der Waals surface area contributed by atoms with Gasteiger partial charge in [0.05, 0.1) is 5.52 Å². The summed E-state index contributed by atoms with van der Waals surface area (Å²) >= 11 is 0. The van der Waals surface area contributed by atoms with Gasteiger partial charge >= 0.3 is 0 Å². The summed E-state index contributed by atoms with van der Waals surface area (Å²) in [4.78, 5) is 0. The number of aromatic nitrogens is 1. The highest BCUT2D eigenvalue weighted by atomic mass is 15.0. The van der Waals surface area contributed by atoms with Gasteiger partial charge in [-0.25, -0.2) is 0 Å². The minimum absolute atomic E-state index is 0.239. The Morgan fingerprint density at radius 3 is 2.61 bits per heavy atom. The van der Waals surface area contributed by atoms with Crippen molar-refractivity contribution in [3.8, 4) is 0 Å². The van der Waals surface area contributed by atoms with E-state index >= 15 is 0 Å². The van der Waals surface area contributed by atoms with Gasteiger partial charge in [-0.05, 0) is 41.2 Å². The van der Waals surface area contributed by atoms with Crippen LogP contribution >= 0.6 is 0 Å². The van der Waals surface area contributed by atoms with Crippen molar-refractivity contribution < 1.29 is 0 Å². The second-order valence-electron chi connectivity index (χ2n) is 7.41. The molecule has 2 aliphatic rings. The monoisotopic (exact) mass is 239 g/mol. The average molecular weight is 239 g/mol. The minimum Gasteiger partial charge on any atom is -0.346 e. The molecule has 2 heterocycles. The topological polar surface area (TPSA) is 4.93 Å². The van der Waals surface area contributed by atoms with Crippen molar-refractivity contribution in [2.24, 2.45) is 5.41 Å². The lowest BCUT2D eigenvalue weighted by atomic mass is 9.86. The highest BCUT2D eigenvalue weighted by Gasteiger charge is 2.45. The zero-order valence-electron chi connectivity index (χ0n) is 11.6. The van der Waals surface area contributed by atoms with Gasteiger partial charge in [-0.1, -0.05) is 39.0 Å². The number of nitrogens with zero attached hydrogens (tertiary/aromatic N) is 1. The summed E-state index contributed by atoms with van der Waals surface area (Å²) in [6, 6.07) is 6.89. The molecule has 2 aromatic rings. The average Bonchev–Trinajstić information content (AvgIpc) is 2.89. The van der Waals surface area contributed by atoms with Crippen LogP contribution in [0.2, 0.25) is 0 Å². The van der Waals surface area contributed by atoms with Gasteiger partial charge in [0.15, 0.2) is 0 Å². The third-order valence-electron chi connectivity index (χ3n) is 4.82. The van der Waals surface area contributed by atoms with Crippen LogP contribution in [0.15, 0.2) is 24.4 Å². The van der Waals surface area contributed by atoms with Crippen LogP contribution in [0.1, 0.15) is 44.7 Å². The van der Waals surface area contributed by atoms with Gasteiger partial charge in [0.2, 0.25) is 0 Å². The lowest BCUT2D eigenvalue weighted by molar-refractivity contribution is 0.410. The molecule has 1 fully saturated rings. The predicted octanol–water partition coefficient (Wildman–Crippen LogP) is 4.28. The first kappa shape index (κ1) is 10.7. The Morgan fingerprint density at radius 2 is 1.94 bits per heavy atom. The van der Waals surface area contributed by atoms with Gasteiger partial charge in [-0.2, -0.15) is 0 Å². The van der Waals surface area contributed by atoms with Gasteiger partial charge in [0, 0.05) is 18.1 Å². The van der Waals surface area contributed by atoms with Crippen LogP contribution in [0.25, 0.3) is 10.9 Å². The molecular formula is C17H21N. The molecule has 94 valence electrons. The predicted molar refractivity (Wildman–Crippen MR) is 76.0 cm³/mol. The SMILES string of the molecule is CC(C)(C)c1cn2c3c(cccc13)CC1(CC1)C2. The van der Waals surface area contributed by atoms with Crippen molar-refractivity contribution in [1.29, 1.82) is 0 Å². The van der Waals surface area contributed by atoms with E-state index in [9.17, 15) is 0 Å². The van der Waals surface area contributed by atoms with Crippen molar-refractivity contribution in [1.82, 2.24) is 4.57 Å². The molecule has 0 radical (unpaired) electrons. The number of hydrogen-bond donors (Lipinski definition) is 0. The van der Waals surface area contributed by atoms with Crippen molar-refractivity contribution >= 4 is 10.9 Å². The smallest absolute Gasteiger partial charge is 0.0516 e. The Bertz CT molecular complexity index is 635. The highest BCUT2D eigenvalue weighted by Crippen LogP contribution is 2.53. The molecule has 1 aromatic heterocycles. The summed E-state index contributed by atoms with van der Waals surface area (Å²) in [5, 5.41) is 1.48. The van der Waals surface area contributed by atoms with Crippen molar-refractivity contribution in [2.75, 3.05) is 0 Å². The van der Waals surface area contributed by atoms with Crippen LogP contribution < -0.4 is 0 Å². The van der Waals surface area contributed by atoms with Gasteiger partial charge < -0.3 is 4.57 Å². The summed E-state index contributed by atoms with van der Waals surface area (Å²) in [7, 11) is 0. The summed E-state index contributed by atoms with van der Waals surface area (Å²) in [5.41, 5.74) is 5.46. The summed E-state index contributed by atoms with van der Waals surface area (Å²) in [5.74, 6) is 0. The number of benzene rings is 1. The quantitative estimate of drug-likeness (QED) is 0.647. The molecule has 1 nitrogen and oxygen atoms in total. The van der Waals surface area contributed by atoms with E-state index in [0.29, 0.717) is 5.41 Å². The third kappa shape index (κ3) is 1.33. The van der Waals surface area contributed by atoms with E-state index in [1.54, 1.807) is 5.56 Å². The van der Waals surface area contributed by atoms with Crippen LogP contribution in [0, 0.1) is 5.41 Å². The molecule has 1 spiro atoms. The molecule has 4 rings (SSSR count). The molecule has 0 N–H and O–H groups in total. The number of rotatable bonds is 0. The Labute approximate surface area is 109 Å². The molecule has 1 aliphatic heterocycles. The molecule has 1 aliphatic carbocycles. The molecule has 0 bridgehead atoms. The fourth-order valence-corrected chi connectivity index (χ4v) is 3.64. The van der Waals surface area contributed by atoms with E-state index in [0.717, 1.165) is 0 Å². The largest absolute Gasteiger partial charge is 0.346 e. The number of hydrogen-bond acceptors (Lipinski definition) is 0. The van der Waals surface area contributed by atoms with E-state index in [1.807, 2.05) is 0 Å². The zero-order chi connectivity index (χ0) is 12.5. The normalized spacial score (nSPS) is 20.6. The Hall–Kier alpha value is -1.24. The van der Waals surface area contributed by atoms with Crippen LogP contribution in [0.3, 0.4) is 0 Å². The van der Waals surface area contributed by atoms with Crippen LogP contribution in [0.4, 0.5) is 0 Å². The van der Waals surface area contributed by atoms with E-state index in [1.165, 1.54) is 42.3 Å². The maximum atomic E-state index is 2.54. The van der Waals surface area contributed by atoms with E-state index < -0.39 is 0 Å². The second-order valence-corrected chi connectivity index (χ2v) is 7.41. The molecule has 0 atom stereocenters. The first-order chi connectivity index (χ1) is 8.49. The molecule has 1 aromatic carbocycles. The molecule has 0 unspecified atom stereocenters. The molecule has 0 saturated heterocycles. The molecule has 1 heteroatoms. The minimum atomic E-state index is 0.239. The number of para-hydroxylation sites is 1. The molecular weight excluding hydrogens is 218 g/mol. The van der Waals surface area contributed by atoms with Crippen LogP contribution in [-0.4, -0.2) is 4.57 Å². The van der Waals surface area contributed by atoms with E-state index in [2.05, 4.69) is 49.7 Å². The van der Waals surface area contributed by atoms with Crippen LogP contribution in [0.5, 0.6) is 0 Å². The fourth-order valence-electron chi connectivity index (χ4n) is 3.64. The fraction of sp³-hybridized carbons (Fsp3) is 0.529. The summed E-state index contributed by atoms with van der Waals surface area (Å²) in [6.45, 7) is 8.22. The van der Waals surface area contributed by atoms with Crippen molar-refractivity contribution in [2.45, 2.75) is 52.0 Å². The Balaban J connectivity index is 2.02. The van der Waals surface area contributed by atoms with E-state index in [4.69, 9.17) is 0 Å².